The molecule has 31 heavy (non-hydrogen) atoms. The van der Waals surface area contributed by atoms with E-state index in [2.05, 4.69) is 20.6 Å². The molecule has 0 aliphatic carbocycles. The number of benzene rings is 2. The van der Waals surface area contributed by atoms with Gasteiger partial charge in [0.15, 0.2) is 11.7 Å². The summed E-state index contributed by atoms with van der Waals surface area (Å²) in [5, 5.41) is 7.36. The van der Waals surface area contributed by atoms with Crippen molar-refractivity contribution in [1.82, 2.24) is 15.6 Å². The Bertz CT molecular complexity index is 980. The van der Waals surface area contributed by atoms with Crippen molar-refractivity contribution in [3.63, 3.8) is 0 Å². The molecule has 0 unspecified atom stereocenters. The smallest absolute Gasteiger partial charge is 0.434 e. The van der Waals surface area contributed by atoms with Crippen LogP contribution in [0.1, 0.15) is 10.7 Å². The first-order chi connectivity index (χ1) is 14.5. The summed E-state index contributed by atoms with van der Waals surface area (Å²) >= 11 is 0.953. The van der Waals surface area contributed by atoms with Gasteiger partial charge in [-0.25, -0.2) is 4.98 Å². The monoisotopic (exact) mass is 562 g/mol. The van der Waals surface area contributed by atoms with E-state index in [1.807, 2.05) is 54.6 Å². The van der Waals surface area contributed by atoms with Gasteiger partial charge in [-0.2, -0.15) is 13.2 Å². The summed E-state index contributed by atoms with van der Waals surface area (Å²) < 4.78 is 43.8. The molecule has 0 radical (unpaired) electrons. The van der Waals surface area contributed by atoms with Crippen molar-refractivity contribution in [2.75, 3.05) is 20.2 Å². The fourth-order valence-corrected chi connectivity index (χ4v) is 3.42. The molecule has 0 aliphatic heterocycles. The van der Waals surface area contributed by atoms with Crippen LogP contribution in [-0.4, -0.2) is 31.1 Å². The van der Waals surface area contributed by atoms with E-state index in [4.69, 9.17) is 4.74 Å². The van der Waals surface area contributed by atoms with Crippen LogP contribution in [0, 0.1) is 0 Å². The van der Waals surface area contributed by atoms with E-state index in [-0.39, 0.29) is 30.5 Å². The zero-order chi connectivity index (χ0) is 21.4. The van der Waals surface area contributed by atoms with Crippen LogP contribution in [-0.2, 0) is 12.7 Å². The molecule has 0 bridgehead atoms. The number of nitrogens with zero attached hydrogens (tertiary/aromatic N) is 2. The molecule has 0 fully saturated rings. The molecule has 2 N–H and O–H groups in total. The average molecular weight is 562 g/mol. The lowest BCUT2D eigenvalue weighted by Crippen LogP contribution is -2.38. The maximum atomic E-state index is 12.6. The number of alkyl halides is 3. The van der Waals surface area contributed by atoms with Crippen LogP contribution >= 0.6 is 35.3 Å². The van der Waals surface area contributed by atoms with Crippen LogP contribution in [0.25, 0.3) is 11.1 Å². The Morgan fingerprint density at radius 3 is 2.45 bits per heavy atom. The number of halogens is 4. The molecular formula is C21H22F3IN4OS. The Morgan fingerprint density at radius 1 is 1.06 bits per heavy atom. The molecule has 3 aromatic rings. The summed E-state index contributed by atoms with van der Waals surface area (Å²) in [5.41, 5.74) is 1.20. The van der Waals surface area contributed by atoms with Crippen LogP contribution in [0.3, 0.4) is 0 Å². The van der Waals surface area contributed by atoms with Crippen molar-refractivity contribution in [2.45, 2.75) is 12.7 Å². The van der Waals surface area contributed by atoms with Crippen molar-refractivity contribution < 1.29 is 17.9 Å². The fourth-order valence-electron chi connectivity index (χ4n) is 2.68. The van der Waals surface area contributed by atoms with Gasteiger partial charge in [0, 0.05) is 18.0 Å². The number of aliphatic imine (C=N–C) groups is 1. The average Bonchev–Trinajstić information content (AvgIpc) is 3.24. The first-order valence-corrected chi connectivity index (χ1v) is 10.1. The molecule has 5 nitrogen and oxygen atoms in total. The third kappa shape index (κ3) is 7.39. The molecule has 0 spiro atoms. The maximum Gasteiger partial charge on any atom is 0.434 e. The number of ether oxygens (including phenoxy) is 1. The van der Waals surface area contributed by atoms with Crippen LogP contribution in [0.5, 0.6) is 5.75 Å². The molecule has 1 aromatic heterocycles. The molecular weight excluding hydrogens is 540 g/mol. The summed E-state index contributed by atoms with van der Waals surface area (Å²) in [6.07, 6.45) is -4.43. The SMILES string of the molecule is CN=C(NCCOc1ccccc1-c1ccccc1)NCc1nc(C(F)(F)F)cs1.I. The Kier molecular flexibility index (Phi) is 9.56. The number of guanidine groups is 1. The number of aromatic nitrogens is 1. The molecule has 2 aromatic carbocycles. The lowest BCUT2D eigenvalue weighted by molar-refractivity contribution is -0.140. The van der Waals surface area contributed by atoms with E-state index < -0.39 is 11.9 Å². The van der Waals surface area contributed by atoms with Crippen LogP contribution in [0.4, 0.5) is 13.2 Å². The molecule has 0 saturated carbocycles. The van der Waals surface area contributed by atoms with Gasteiger partial charge in [0.2, 0.25) is 0 Å². The Hall–Kier alpha value is -2.34. The van der Waals surface area contributed by atoms with Gasteiger partial charge in [-0.15, -0.1) is 35.3 Å². The predicted molar refractivity (Wildman–Crippen MR) is 128 cm³/mol. The minimum Gasteiger partial charge on any atom is -0.491 e. The highest BCUT2D eigenvalue weighted by Gasteiger charge is 2.33. The standard InChI is InChI=1S/C21H21F3N4OS.HI/c1-25-20(27-13-19-28-18(14-30-19)21(22,23)24)26-11-12-29-17-10-6-5-9-16(17)15-7-3-2-4-8-15;/h2-10,14H,11-13H2,1H3,(H2,25,26,27);1H. The minimum atomic E-state index is -4.43. The number of nitrogens with one attached hydrogen (secondary N) is 2. The zero-order valence-electron chi connectivity index (χ0n) is 16.6. The van der Waals surface area contributed by atoms with E-state index in [9.17, 15) is 13.2 Å². The van der Waals surface area contributed by atoms with Crippen LogP contribution in [0.15, 0.2) is 65.0 Å². The molecule has 0 saturated heterocycles. The van der Waals surface area contributed by atoms with Crippen LogP contribution in [0.2, 0.25) is 0 Å². The van der Waals surface area contributed by atoms with Crippen molar-refractivity contribution in [2.24, 2.45) is 4.99 Å². The Labute approximate surface area is 199 Å². The van der Waals surface area contributed by atoms with Gasteiger partial charge < -0.3 is 15.4 Å². The van der Waals surface area contributed by atoms with Crippen LogP contribution < -0.4 is 15.4 Å². The Balaban J connectivity index is 0.00000341. The van der Waals surface area contributed by atoms with E-state index in [1.165, 1.54) is 0 Å². The molecule has 0 aliphatic rings. The quantitative estimate of drug-likeness (QED) is 0.180. The predicted octanol–water partition coefficient (Wildman–Crippen LogP) is 5.19. The van der Waals surface area contributed by atoms with Gasteiger partial charge in [0.1, 0.15) is 17.4 Å². The lowest BCUT2D eigenvalue weighted by Gasteiger charge is -2.14. The first-order valence-electron chi connectivity index (χ1n) is 9.20. The van der Waals surface area contributed by atoms with Gasteiger partial charge >= 0.3 is 6.18 Å². The van der Waals surface area contributed by atoms with Crippen molar-refractivity contribution in [3.05, 3.63) is 70.7 Å². The van der Waals surface area contributed by atoms with Crippen molar-refractivity contribution in [3.8, 4) is 16.9 Å². The summed E-state index contributed by atoms with van der Waals surface area (Å²) in [6.45, 7) is 1.01. The summed E-state index contributed by atoms with van der Waals surface area (Å²) in [6, 6.07) is 17.8. The minimum absolute atomic E-state index is 0. The third-order valence-electron chi connectivity index (χ3n) is 4.10. The second kappa shape index (κ2) is 11.9. The molecule has 166 valence electrons. The fraction of sp³-hybridized carbons (Fsp3) is 0.238. The second-order valence-electron chi connectivity index (χ2n) is 6.19. The number of rotatable bonds is 7. The summed E-state index contributed by atoms with van der Waals surface area (Å²) in [4.78, 5) is 7.65. The van der Waals surface area contributed by atoms with Gasteiger partial charge in [-0.3, -0.25) is 4.99 Å². The molecule has 1 heterocycles. The van der Waals surface area contributed by atoms with E-state index in [0.29, 0.717) is 24.1 Å². The Morgan fingerprint density at radius 2 is 1.77 bits per heavy atom. The number of thiazole rings is 1. The largest absolute Gasteiger partial charge is 0.491 e. The van der Waals surface area contributed by atoms with E-state index in [0.717, 1.165) is 33.6 Å². The lowest BCUT2D eigenvalue weighted by atomic mass is 10.1. The normalized spacial score (nSPS) is 11.5. The topological polar surface area (TPSA) is 58.5 Å². The highest BCUT2D eigenvalue weighted by molar-refractivity contribution is 14.0. The summed E-state index contributed by atoms with van der Waals surface area (Å²) in [7, 11) is 1.59. The van der Waals surface area contributed by atoms with Crippen molar-refractivity contribution in [1.29, 1.82) is 0 Å². The molecule has 0 atom stereocenters. The number of hydrogen-bond acceptors (Lipinski definition) is 4. The third-order valence-corrected chi connectivity index (χ3v) is 4.95. The molecule has 3 rings (SSSR count). The van der Waals surface area contributed by atoms with Gasteiger partial charge in [-0.1, -0.05) is 48.5 Å². The first kappa shape index (κ1) is 24.9. The number of hydrogen-bond donors (Lipinski definition) is 2. The summed E-state index contributed by atoms with van der Waals surface area (Å²) in [5.74, 6) is 1.23. The molecule has 10 heteroatoms. The van der Waals surface area contributed by atoms with Gasteiger partial charge in [0.25, 0.3) is 0 Å². The van der Waals surface area contributed by atoms with Crippen molar-refractivity contribution >= 4 is 41.3 Å². The van der Waals surface area contributed by atoms with Gasteiger partial charge in [0.05, 0.1) is 13.1 Å². The highest BCUT2D eigenvalue weighted by atomic mass is 127. The van der Waals surface area contributed by atoms with Gasteiger partial charge in [-0.05, 0) is 11.6 Å². The molecule has 0 amide bonds. The highest BCUT2D eigenvalue weighted by Crippen LogP contribution is 2.30. The second-order valence-corrected chi connectivity index (χ2v) is 7.13. The zero-order valence-corrected chi connectivity index (χ0v) is 19.8. The maximum absolute atomic E-state index is 12.6. The van der Waals surface area contributed by atoms with E-state index in [1.54, 1.807) is 7.05 Å². The van der Waals surface area contributed by atoms with E-state index >= 15 is 0 Å². The number of para-hydroxylation sites is 1.